The summed E-state index contributed by atoms with van der Waals surface area (Å²) in [5, 5.41) is -0.326. The average molecular weight is 308 g/mol. The van der Waals surface area contributed by atoms with Gasteiger partial charge in [-0.3, -0.25) is 4.79 Å². The molecule has 0 saturated carbocycles. The third kappa shape index (κ3) is 3.00. The lowest BCUT2D eigenvalue weighted by molar-refractivity contribution is 0.0729. The normalized spacial score (nSPS) is 18.9. The van der Waals surface area contributed by atoms with Gasteiger partial charge in [-0.25, -0.2) is 8.78 Å². The Morgan fingerprint density at radius 3 is 2.79 bits per heavy atom. The van der Waals surface area contributed by atoms with Crippen LogP contribution in [0.25, 0.3) is 0 Å². The van der Waals surface area contributed by atoms with Crippen molar-refractivity contribution in [1.29, 1.82) is 0 Å². The number of carbonyl (C=O) groups is 1. The molecule has 1 aromatic rings. The minimum atomic E-state index is -0.798. The van der Waals surface area contributed by atoms with Gasteiger partial charge in [0, 0.05) is 18.5 Å². The highest BCUT2D eigenvalue weighted by molar-refractivity contribution is 6.30. The summed E-state index contributed by atoms with van der Waals surface area (Å²) >= 11 is 11.2. The molecular weight excluding hydrogens is 295 g/mol. The van der Waals surface area contributed by atoms with E-state index < -0.39 is 17.5 Å². The quantitative estimate of drug-likeness (QED) is 0.613. The van der Waals surface area contributed by atoms with Crippen LogP contribution in [0.1, 0.15) is 29.6 Å². The standard InChI is InChI=1S/C13H13Cl2F2NO/c14-4-3-8-2-1-5-18(8)13(19)9-6-12(17)10(15)7-11(9)16/h6-8H,1-5H2. The van der Waals surface area contributed by atoms with Gasteiger partial charge < -0.3 is 4.90 Å². The summed E-state index contributed by atoms with van der Waals surface area (Å²) in [4.78, 5) is 13.8. The van der Waals surface area contributed by atoms with Gasteiger partial charge in [0.25, 0.3) is 5.91 Å². The molecule has 0 N–H and O–H groups in total. The zero-order valence-corrected chi connectivity index (χ0v) is 11.6. The molecule has 104 valence electrons. The number of amides is 1. The second-order valence-electron chi connectivity index (χ2n) is 4.52. The highest BCUT2D eigenvalue weighted by Crippen LogP contribution is 2.26. The van der Waals surface area contributed by atoms with Crippen LogP contribution < -0.4 is 0 Å². The monoisotopic (exact) mass is 307 g/mol. The van der Waals surface area contributed by atoms with Crippen molar-refractivity contribution in [2.75, 3.05) is 12.4 Å². The largest absolute Gasteiger partial charge is 0.336 e. The predicted octanol–water partition coefficient (Wildman–Crippen LogP) is 3.85. The molecule has 2 rings (SSSR count). The molecule has 0 aromatic heterocycles. The maximum atomic E-state index is 13.7. The molecule has 1 fully saturated rings. The second-order valence-corrected chi connectivity index (χ2v) is 5.30. The summed E-state index contributed by atoms with van der Waals surface area (Å²) in [7, 11) is 0. The Morgan fingerprint density at radius 2 is 2.11 bits per heavy atom. The summed E-state index contributed by atoms with van der Waals surface area (Å²) in [6, 6.07) is 1.69. The number of alkyl halides is 1. The molecule has 0 bridgehead atoms. The highest BCUT2D eigenvalue weighted by Gasteiger charge is 2.30. The number of nitrogens with zero attached hydrogens (tertiary/aromatic N) is 1. The smallest absolute Gasteiger partial charge is 0.257 e. The van der Waals surface area contributed by atoms with Gasteiger partial charge in [-0.2, -0.15) is 0 Å². The molecule has 1 atom stereocenters. The van der Waals surface area contributed by atoms with Crippen molar-refractivity contribution in [1.82, 2.24) is 4.90 Å². The number of hydrogen-bond donors (Lipinski definition) is 0. The van der Waals surface area contributed by atoms with Crippen molar-refractivity contribution in [2.24, 2.45) is 0 Å². The van der Waals surface area contributed by atoms with E-state index in [2.05, 4.69) is 0 Å². The summed E-state index contributed by atoms with van der Waals surface area (Å²) in [5.41, 5.74) is -0.275. The van der Waals surface area contributed by atoms with Crippen molar-refractivity contribution in [3.05, 3.63) is 34.4 Å². The van der Waals surface area contributed by atoms with Gasteiger partial charge in [-0.1, -0.05) is 11.6 Å². The minimum absolute atomic E-state index is 0.00291. The van der Waals surface area contributed by atoms with Crippen LogP contribution in [0.15, 0.2) is 12.1 Å². The second kappa shape index (κ2) is 6.06. The van der Waals surface area contributed by atoms with E-state index in [1.807, 2.05) is 0 Å². The molecule has 2 nitrogen and oxygen atoms in total. The van der Waals surface area contributed by atoms with E-state index in [-0.39, 0.29) is 16.6 Å². The van der Waals surface area contributed by atoms with Crippen LogP contribution >= 0.6 is 23.2 Å². The molecule has 0 aliphatic carbocycles. The van der Waals surface area contributed by atoms with Gasteiger partial charge in [0.15, 0.2) is 0 Å². The maximum Gasteiger partial charge on any atom is 0.257 e. The maximum absolute atomic E-state index is 13.7. The summed E-state index contributed by atoms with van der Waals surface area (Å²) < 4.78 is 27.1. The molecule has 6 heteroatoms. The van der Waals surface area contributed by atoms with Gasteiger partial charge in [-0.05, 0) is 31.4 Å². The lowest BCUT2D eigenvalue weighted by Gasteiger charge is -2.24. The van der Waals surface area contributed by atoms with E-state index in [1.54, 1.807) is 4.90 Å². The number of benzene rings is 1. The number of rotatable bonds is 3. The van der Waals surface area contributed by atoms with E-state index in [9.17, 15) is 13.6 Å². The minimum Gasteiger partial charge on any atom is -0.336 e. The van der Waals surface area contributed by atoms with Gasteiger partial charge in [0.1, 0.15) is 11.6 Å². The number of carbonyl (C=O) groups excluding carboxylic acids is 1. The Bertz CT molecular complexity index is 496. The molecular formula is C13H13Cl2F2NO. The molecule has 1 aliphatic heterocycles. The van der Waals surface area contributed by atoms with Gasteiger partial charge in [0.2, 0.25) is 0 Å². The highest BCUT2D eigenvalue weighted by atomic mass is 35.5. The third-order valence-corrected chi connectivity index (χ3v) is 3.83. The van der Waals surface area contributed by atoms with Crippen molar-refractivity contribution in [2.45, 2.75) is 25.3 Å². The molecule has 1 saturated heterocycles. The Labute approximate surface area is 120 Å². The first-order valence-electron chi connectivity index (χ1n) is 6.06. The molecule has 1 aliphatic rings. The lowest BCUT2D eigenvalue weighted by atomic mass is 10.1. The van der Waals surface area contributed by atoms with Gasteiger partial charge in [-0.15, -0.1) is 11.6 Å². The molecule has 0 radical (unpaired) electrons. The first-order chi connectivity index (χ1) is 9.04. The van der Waals surface area contributed by atoms with Crippen LogP contribution in [-0.2, 0) is 0 Å². The fourth-order valence-corrected chi connectivity index (χ4v) is 2.77. The number of hydrogen-bond acceptors (Lipinski definition) is 1. The molecule has 0 spiro atoms. The average Bonchev–Trinajstić information content (AvgIpc) is 2.82. The number of likely N-dealkylation sites (tertiary alicyclic amines) is 1. The van der Waals surface area contributed by atoms with E-state index in [0.717, 1.165) is 25.0 Å². The van der Waals surface area contributed by atoms with Crippen LogP contribution in [0.3, 0.4) is 0 Å². The van der Waals surface area contributed by atoms with E-state index >= 15 is 0 Å². The zero-order valence-electron chi connectivity index (χ0n) is 10.1. The molecule has 19 heavy (non-hydrogen) atoms. The third-order valence-electron chi connectivity index (χ3n) is 3.32. The summed E-state index contributed by atoms with van der Waals surface area (Å²) in [6.45, 7) is 0.546. The number of halogens is 4. The fourth-order valence-electron chi connectivity index (χ4n) is 2.37. The van der Waals surface area contributed by atoms with Crippen LogP contribution in [0, 0.1) is 11.6 Å². The van der Waals surface area contributed by atoms with Gasteiger partial charge >= 0.3 is 0 Å². The van der Waals surface area contributed by atoms with Crippen molar-refractivity contribution in [3.8, 4) is 0 Å². The van der Waals surface area contributed by atoms with Crippen LogP contribution in [0.4, 0.5) is 8.78 Å². The van der Waals surface area contributed by atoms with Crippen molar-refractivity contribution >= 4 is 29.1 Å². The van der Waals surface area contributed by atoms with Crippen molar-refractivity contribution in [3.63, 3.8) is 0 Å². The predicted molar refractivity (Wildman–Crippen MR) is 70.8 cm³/mol. The van der Waals surface area contributed by atoms with Crippen LogP contribution in [0.5, 0.6) is 0 Å². The SMILES string of the molecule is O=C(c1cc(F)c(Cl)cc1F)N1CCCC1CCCl. The first-order valence-corrected chi connectivity index (χ1v) is 6.97. The Hall–Kier alpha value is -0.870. The summed E-state index contributed by atoms with van der Waals surface area (Å²) in [6.07, 6.45) is 2.35. The topological polar surface area (TPSA) is 20.3 Å². The first kappa shape index (κ1) is 14.5. The van der Waals surface area contributed by atoms with Crippen molar-refractivity contribution < 1.29 is 13.6 Å². The molecule has 1 aromatic carbocycles. The van der Waals surface area contributed by atoms with E-state index in [4.69, 9.17) is 23.2 Å². The zero-order chi connectivity index (χ0) is 14.0. The Kier molecular flexibility index (Phi) is 4.63. The van der Waals surface area contributed by atoms with Gasteiger partial charge in [0.05, 0.1) is 10.6 Å². The summed E-state index contributed by atoms with van der Waals surface area (Å²) in [5.74, 6) is -1.65. The Morgan fingerprint density at radius 1 is 1.37 bits per heavy atom. The lowest BCUT2D eigenvalue weighted by Crippen LogP contribution is -2.36. The fraction of sp³-hybridized carbons (Fsp3) is 0.462. The van der Waals surface area contributed by atoms with E-state index in [0.29, 0.717) is 18.8 Å². The van der Waals surface area contributed by atoms with Crippen LogP contribution in [-0.4, -0.2) is 29.3 Å². The van der Waals surface area contributed by atoms with E-state index in [1.165, 1.54) is 0 Å². The molecule has 1 amide bonds. The van der Waals surface area contributed by atoms with Crippen LogP contribution in [0.2, 0.25) is 5.02 Å². The molecule has 1 unspecified atom stereocenters. The Balaban J connectivity index is 2.26. The molecule has 1 heterocycles.